The number of nitrogens with one attached hydrogen (secondary N) is 1. The second-order valence-corrected chi connectivity index (χ2v) is 7.93. The standard InChI is InChI=1S/C24H28N2O3/c1-15-12-16(2)21(17(3)13-15)22-20(27)14-18(23(22)28)10-11-25-24(29)26(4)19-8-6-5-7-9-19/h5-9,12-13,18,22H,10-11,14H2,1-4H3,(H,25,29). The average Bonchev–Trinajstić information content (AvgIpc) is 2.95. The van der Waals surface area contributed by atoms with Gasteiger partial charge in [-0.1, -0.05) is 35.9 Å². The Balaban J connectivity index is 1.62. The summed E-state index contributed by atoms with van der Waals surface area (Å²) in [6, 6.07) is 13.2. The second-order valence-electron chi connectivity index (χ2n) is 7.93. The van der Waals surface area contributed by atoms with Crippen LogP contribution in [0.1, 0.15) is 41.0 Å². The van der Waals surface area contributed by atoms with Crippen LogP contribution in [0.25, 0.3) is 0 Å². The Morgan fingerprint density at radius 2 is 1.69 bits per heavy atom. The smallest absolute Gasteiger partial charge is 0.321 e. The quantitative estimate of drug-likeness (QED) is 0.780. The van der Waals surface area contributed by atoms with Crippen molar-refractivity contribution in [2.75, 3.05) is 18.5 Å². The van der Waals surface area contributed by atoms with Crippen LogP contribution in [0.3, 0.4) is 0 Å². The number of carbonyl (C=O) groups excluding carboxylic acids is 3. The number of urea groups is 1. The molecule has 1 aliphatic carbocycles. The van der Waals surface area contributed by atoms with Crippen LogP contribution in [-0.4, -0.2) is 31.2 Å². The Kier molecular flexibility index (Phi) is 6.16. The molecule has 0 bridgehead atoms. The molecular formula is C24H28N2O3. The third kappa shape index (κ3) is 4.39. The van der Waals surface area contributed by atoms with Crippen LogP contribution in [0.5, 0.6) is 0 Å². The first-order chi connectivity index (χ1) is 13.8. The highest BCUT2D eigenvalue weighted by molar-refractivity contribution is 6.15. The van der Waals surface area contributed by atoms with Gasteiger partial charge in [0.05, 0.1) is 0 Å². The third-order valence-corrected chi connectivity index (χ3v) is 5.70. The number of hydrogen-bond acceptors (Lipinski definition) is 3. The lowest BCUT2D eigenvalue weighted by molar-refractivity contribution is -0.124. The first kappa shape index (κ1) is 20.8. The largest absolute Gasteiger partial charge is 0.338 e. The predicted octanol–water partition coefficient (Wildman–Crippen LogP) is 4.09. The molecule has 0 spiro atoms. The molecule has 0 aromatic heterocycles. The number of hydrogen-bond donors (Lipinski definition) is 1. The van der Waals surface area contributed by atoms with Crippen LogP contribution in [0.15, 0.2) is 42.5 Å². The van der Waals surface area contributed by atoms with E-state index in [1.807, 2.05) is 63.2 Å². The number of rotatable bonds is 5. The Bertz CT molecular complexity index is 913. The fourth-order valence-corrected chi connectivity index (χ4v) is 4.29. The summed E-state index contributed by atoms with van der Waals surface area (Å²) in [6.07, 6.45) is 0.722. The topological polar surface area (TPSA) is 66.5 Å². The minimum Gasteiger partial charge on any atom is -0.338 e. The number of nitrogens with zero attached hydrogens (tertiary/aromatic N) is 1. The molecule has 1 N–H and O–H groups in total. The maximum atomic E-state index is 13.0. The first-order valence-electron chi connectivity index (χ1n) is 10.0. The van der Waals surface area contributed by atoms with Gasteiger partial charge in [-0.25, -0.2) is 4.79 Å². The third-order valence-electron chi connectivity index (χ3n) is 5.70. The van der Waals surface area contributed by atoms with E-state index < -0.39 is 5.92 Å². The molecule has 2 amide bonds. The summed E-state index contributed by atoms with van der Waals surface area (Å²) >= 11 is 0. The molecule has 0 aliphatic heterocycles. The van der Waals surface area contributed by atoms with Crippen LogP contribution in [0, 0.1) is 26.7 Å². The number of ketones is 2. The van der Waals surface area contributed by atoms with E-state index in [1.165, 1.54) is 4.90 Å². The van der Waals surface area contributed by atoms with Crippen LogP contribution in [-0.2, 0) is 9.59 Å². The van der Waals surface area contributed by atoms with Crippen molar-refractivity contribution in [1.82, 2.24) is 5.32 Å². The van der Waals surface area contributed by atoms with E-state index >= 15 is 0 Å². The van der Waals surface area contributed by atoms with E-state index in [-0.39, 0.29) is 29.9 Å². The molecule has 1 fully saturated rings. The van der Waals surface area contributed by atoms with E-state index in [0.29, 0.717) is 13.0 Å². The van der Waals surface area contributed by atoms with Crippen LogP contribution in [0.4, 0.5) is 10.5 Å². The molecule has 5 nitrogen and oxygen atoms in total. The monoisotopic (exact) mass is 392 g/mol. The molecule has 0 radical (unpaired) electrons. The molecule has 2 unspecified atom stereocenters. The number of amides is 2. The summed E-state index contributed by atoms with van der Waals surface area (Å²) in [7, 11) is 1.70. The second kappa shape index (κ2) is 8.60. The van der Waals surface area contributed by atoms with Gasteiger partial charge in [-0.05, 0) is 56.0 Å². The molecule has 5 heteroatoms. The highest BCUT2D eigenvalue weighted by Crippen LogP contribution is 2.37. The molecule has 2 aromatic carbocycles. The fourth-order valence-electron chi connectivity index (χ4n) is 4.29. The minimum absolute atomic E-state index is 0.0113. The zero-order valence-corrected chi connectivity index (χ0v) is 17.5. The zero-order valence-electron chi connectivity index (χ0n) is 17.5. The number of anilines is 1. The van der Waals surface area contributed by atoms with Gasteiger partial charge < -0.3 is 5.32 Å². The summed E-state index contributed by atoms with van der Waals surface area (Å²) in [4.78, 5) is 39.5. The Morgan fingerprint density at radius 1 is 1.07 bits per heavy atom. The highest BCUT2D eigenvalue weighted by atomic mass is 16.2. The fraction of sp³-hybridized carbons (Fsp3) is 0.375. The van der Waals surface area contributed by atoms with Crippen molar-refractivity contribution in [3.8, 4) is 0 Å². The van der Waals surface area contributed by atoms with Crippen molar-refractivity contribution < 1.29 is 14.4 Å². The predicted molar refractivity (Wildman–Crippen MR) is 114 cm³/mol. The van der Waals surface area contributed by atoms with Gasteiger partial charge in [-0.3, -0.25) is 14.5 Å². The van der Waals surface area contributed by atoms with Gasteiger partial charge in [0.1, 0.15) is 11.7 Å². The van der Waals surface area contributed by atoms with E-state index in [4.69, 9.17) is 0 Å². The Hall–Kier alpha value is -2.95. The van der Waals surface area contributed by atoms with Gasteiger partial charge in [0.25, 0.3) is 0 Å². The number of aryl methyl sites for hydroxylation is 3. The number of Topliss-reactive ketones (excluding diaryl/α,β-unsaturated/α-hetero) is 2. The summed E-state index contributed by atoms with van der Waals surface area (Å²) < 4.78 is 0. The highest BCUT2D eigenvalue weighted by Gasteiger charge is 2.42. The van der Waals surface area contributed by atoms with E-state index in [2.05, 4.69) is 5.32 Å². The summed E-state index contributed by atoms with van der Waals surface area (Å²) in [5, 5.41) is 2.85. The van der Waals surface area contributed by atoms with Gasteiger partial charge in [0, 0.05) is 31.6 Å². The molecule has 2 atom stereocenters. The molecule has 0 heterocycles. The van der Waals surface area contributed by atoms with Crippen molar-refractivity contribution in [1.29, 1.82) is 0 Å². The molecule has 1 saturated carbocycles. The average molecular weight is 392 g/mol. The number of benzene rings is 2. The van der Waals surface area contributed by atoms with Gasteiger partial charge in [-0.2, -0.15) is 0 Å². The molecular weight excluding hydrogens is 364 g/mol. The number of carbonyl (C=O) groups is 3. The van der Waals surface area contributed by atoms with Crippen molar-refractivity contribution in [3.05, 3.63) is 64.7 Å². The lowest BCUT2D eigenvalue weighted by Crippen LogP contribution is -2.38. The zero-order chi connectivity index (χ0) is 21.1. The van der Waals surface area contributed by atoms with Crippen molar-refractivity contribution in [2.45, 2.75) is 39.5 Å². The molecule has 29 heavy (non-hydrogen) atoms. The Labute approximate surface area is 172 Å². The maximum Gasteiger partial charge on any atom is 0.321 e. The van der Waals surface area contributed by atoms with E-state index in [0.717, 1.165) is 27.9 Å². The summed E-state index contributed by atoms with van der Waals surface area (Å²) in [6.45, 7) is 6.30. The molecule has 1 aliphatic rings. The van der Waals surface area contributed by atoms with Crippen LogP contribution >= 0.6 is 0 Å². The van der Waals surface area contributed by atoms with Crippen molar-refractivity contribution in [3.63, 3.8) is 0 Å². The van der Waals surface area contributed by atoms with Gasteiger partial charge in [-0.15, -0.1) is 0 Å². The van der Waals surface area contributed by atoms with Crippen LogP contribution in [0.2, 0.25) is 0 Å². The Morgan fingerprint density at radius 3 is 2.31 bits per heavy atom. The SMILES string of the molecule is Cc1cc(C)c(C2C(=O)CC(CCNC(=O)N(C)c3ccccc3)C2=O)c(C)c1. The lowest BCUT2D eigenvalue weighted by atomic mass is 9.86. The van der Waals surface area contributed by atoms with E-state index in [1.54, 1.807) is 7.05 Å². The minimum atomic E-state index is -0.664. The van der Waals surface area contributed by atoms with Crippen molar-refractivity contribution >= 4 is 23.3 Å². The molecule has 2 aromatic rings. The van der Waals surface area contributed by atoms with E-state index in [9.17, 15) is 14.4 Å². The molecule has 3 rings (SSSR count). The normalized spacial score (nSPS) is 18.8. The van der Waals surface area contributed by atoms with Crippen LogP contribution < -0.4 is 10.2 Å². The first-order valence-corrected chi connectivity index (χ1v) is 10.0. The molecule has 152 valence electrons. The summed E-state index contributed by atoms with van der Waals surface area (Å²) in [5.41, 5.74) is 4.77. The van der Waals surface area contributed by atoms with Crippen molar-refractivity contribution in [2.24, 2.45) is 5.92 Å². The van der Waals surface area contributed by atoms with Gasteiger partial charge in [0.2, 0.25) is 0 Å². The van der Waals surface area contributed by atoms with Gasteiger partial charge in [0.15, 0.2) is 5.78 Å². The number of para-hydroxylation sites is 1. The lowest BCUT2D eigenvalue weighted by Gasteiger charge is -2.19. The summed E-state index contributed by atoms with van der Waals surface area (Å²) in [5.74, 6) is -1.03. The van der Waals surface area contributed by atoms with Gasteiger partial charge >= 0.3 is 6.03 Å². The molecule has 0 saturated heterocycles. The maximum absolute atomic E-state index is 13.0.